The van der Waals surface area contributed by atoms with Crippen molar-refractivity contribution in [3.05, 3.63) is 11.5 Å². The third-order valence-electron chi connectivity index (χ3n) is 4.03. The van der Waals surface area contributed by atoms with Gasteiger partial charge in [-0.2, -0.15) is 5.10 Å². The third-order valence-corrected chi connectivity index (χ3v) is 4.27. The summed E-state index contributed by atoms with van der Waals surface area (Å²) in [7, 11) is 0. The lowest BCUT2D eigenvalue weighted by molar-refractivity contribution is 0.545. The summed E-state index contributed by atoms with van der Waals surface area (Å²) in [5.74, 6) is 1.44. The molecular formula is C16H27ClN4. The fraction of sp³-hybridized carbons (Fsp3) is 0.750. The van der Waals surface area contributed by atoms with Crippen LogP contribution in [0.2, 0.25) is 0 Å². The molecule has 0 saturated heterocycles. The molecule has 0 radical (unpaired) electrons. The van der Waals surface area contributed by atoms with Gasteiger partial charge in [0.25, 0.3) is 0 Å². The first-order chi connectivity index (χ1) is 10.2. The summed E-state index contributed by atoms with van der Waals surface area (Å²) in [5.41, 5.74) is 3.15. The van der Waals surface area contributed by atoms with E-state index in [-0.39, 0.29) is 0 Å². The highest BCUT2D eigenvalue weighted by Gasteiger charge is 2.17. The number of imidazole rings is 1. The molecule has 2 heterocycles. The first-order valence-corrected chi connectivity index (χ1v) is 8.74. The summed E-state index contributed by atoms with van der Waals surface area (Å²) in [6, 6.07) is 0. The maximum Gasteiger partial charge on any atom is 0.158 e. The third kappa shape index (κ3) is 3.60. The van der Waals surface area contributed by atoms with Crippen LogP contribution in [-0.4, -0.2) is 19.3 Å². The van der Waals surface area contributed by atoms with Crippen molar-refractivity contribution in [3.8, 4) is 0 Å². The topological polar surface area (TPSA) is 35.6 Å². The Morgan fingerprint density at radius 3 is 2.43 bits per heavy atom. The van der Waals surface area contributed by atoms with Crippen molar-refractivity contribution in [1.82, 2.24) is 19.3 Å². The van der Waals surface area contributed by atoms with Gasteiger partial charge in [0, 0.05) is 13.1 Å². The molecule has 0 N–H and O–H groups in total. The first-order valence-electron chi connectivity index (χ1n) is 8.21. The predicted octanol–water partition coefficient (Wildman–Crippen LogP) is 4.66. The number of hydrogen-bond donors (Lipinski definition) is 0. The Balaban J connectivity index is 2.10. The van der Waals surface area contributed by atoms with Gasteiger partial charge in [0.15, 0.2) is 5.65 Å². The molecule has 0 spiro atoms. The van der Waals surface area contributed by atoms with E-state index < -0.39 is 0 Å². The summed E-state index contributed by atoms with van der Waals surface area (Å²) in [5, 5.41) is 4.56. The number of hydrogen-bond acceptors (Lipinski definition) is 2. The van der Waals surface area contributed by atoms with Gasteiger partial charge in [0.05, 0.1) is 11.6 Å². The zero-order chi connectivity index (χ0) is 15.2. The molecular weight excluding hydrogens is 284 g/mol. The molecule has 4 nitrogen and oxygen atoms in total. The Hall–Kier alpha value is -1.03. The maximum absolute atomic E-state index is 6.08. The lowest BCUT2D eigenvalue weighted by Crippen LogP contribution is -2.08. The van der Waals surface area contributed by atoms with Crippen LogP contribution >= 0.6 is 11.6 Å². The molecule has 0 bridgehead atoms. The van der Waals surface area contributed by atoms with E-state index in [4.69, 9.17) is 11.6 Å². The van der Waals surface area contributed by atoms with Crippen molar-refractivity contribution in [1.29, 1.82) is 0 Å². The van der Waals surface area contributed by atoms with Crippen molar-refractivity contribution >= 4 is 22.8 Å². The molecule has 0 unspecified atom stereocenters. The van der Waals surface area contributed by atoms with E-state index in [1.54, 1.807) is 0 Å². The number of alkyl halides is 1. The van der Waals surface area contributed by atoms with E-state index in [1.165, 1.54) is 38.5 Å². The van der Waals surface area contributed by atoms with Crippen LogP contribution in [0.4, 0.5) is 0 Å². The molecule has 2 rings (SSSR count). The zero-order valence-corrected chi connectivity index (χ0v) is 14.3. The van der Waals surface area contributed by atoms with Crippen LogP contribution in [0.1, 0.15) is 63.9 Å². The molecule has 118 valence electrons. The summed E-state index contributed by atoms with van der Waals surface area (Å²) >= 11 is 6.08. The fourth-order valence-corrected chi connectivity index (χ4v) is 3.08. The van der Waals surface area contributed by atoms with Crippen LogP contribution < -0.4 is 0 Å². The van der Waals surface area contributed by atoms with Crippen molar-refractivity contribution in [2.24, 2.45) is 0 Å². The molecule has 0 aliphatic carbocycles. The molecule has 0 aliphatic heterocycles. The monoisotopic (exact) mass is 310 g/mol. The summed E-state index contributed by atoms with van der Waals surface area (Å²) in [6.07, 6.45) is 7.79. The van der Waals surface area contributed by atoms with Gasteiger partial charge in [-0.25, -0.2) is 9.67 Å². The number of rotatable bonds is 9. The molecule has 0 amide bonds. The fourth-order valence-electron chi connectivity index (χ4n) is 2.88. The maximum atomic E-state index is 6.08. The molecule has 2 aromatic heterocycles. The van der Waals surface area contributed by atoms with E-state index in [0.29, 0.717) is 5.88 Å². The average molecular weight is 311 g/mol. The Labute approximate surface area is 132 Å². The number of aromatic nitrogens is 4. The quantitative estimate of drug-likeness (QED) is 0.499. The Morgan fingerprint density at radius 1 is 1.05 bits per heavy atom. The lowest BCUT2D eigenvalue weighted by Gasteiger charge is -2.09. The molecule has 0 fully saturated rings. The standard InChI is InChI=1S/C16H27ClN4/c1-4-6-7-8-9-10-11-20-14(12-17)18-15-13(3)19-21(5-2)16(15)20/h4-12H2,1-3H3. The molecule has 0 saturated carbocycles. The second kappa shape index (κ2) is 7.83. The highest BCUT2D eigenvalue weighted by atomic mass is 35.5. The van der Waals surface area contributed by atoms with Gasteiger partial charge in [-0.15, -0.1) is 11.6 Å². The molecule has 5 heteroatoms. The van der Waals surface area contributed by atoms with Gasteiger partial charge in [0.2, 0.25) is 0 Å². The lowest BCUT2D eigenvalue weighted by atomic mass is 10.1. The van der Waals surface area contributed by atoms with Gasteiger partial charge in [-0.05, 0) is 20.3 Å². The van der Waals surface area contributed by atoms with Gasteiger partial charge in [-0.3, -0.25) is 0 Å². The van der Waals surface area contributed by atoms with Crippen molar-refractivity contribution in [2.45, 2.75) is 78.3 Å². The second-order valence-corrected chi connectivity index (χ2v) is 5.92. The van der Waals surface area contributed by atoms with Crippen LogP contribution in [0, 0.1) is 6.92 Å². The number of fused-ring (bicyclic) bond motifs is 1. The van der Waals surface area contributed by atoms with Crippen molar-refractivity contribution in [3.63, 3.8) is 0 Å². The molecule has 0 aliphatic rings. The van der Waals surface area contributed by atoms with Crippen LogP contribution in [0.5, 0.6) is 0 Å². The van der Waals surface area contributed by atoms with Crippen molar-refractivity contribution < 1.29 is 0 Å². The van der Waals surface area contributed by atoms with Crippen LogP contribution in [0.3, 0.4) is 0 Å². The van der Waals surface area contributed by atoms with E-state index in [2.05, 4.69) is 28.5 Å². The summed E-state index contributed by atoms with van der Waals surface area (Å²) in [6.45, 7) is 8.26. The Kier molecular flexibility index (Phi) is 6.09. The van der Waals surface area contributed by atoms with E-state index in [1.807, 2.05) is 11.6 Å². The number of nitrogens with zero attached hydrogens (tertiary/aromatic N) is 4. The molecule has 0 atom stereocenters. The average Bonchev–Trinajstić information content (AvgIpc) is 3.00. The van der Waals surface area contributed by atoms with E-state index in [9.17, 15) is 0 Å². The van der Waals surface area contributed by atoms with Gasteiger partial charge in [0.1, 0.15) is 11.3 Å². The van der Waals surface area contributed by atoms with Crippen molar-refractivity contribution in [2.75, 3.05) is 0 Å². The van der Waals surface area contributed by atoms with Crippen LogP contribution in [0.25, 0.3) is 11.2 Å². The van der Waals surface area contributed by atoms with Gasteiger partial charge >= 0.3 is 0 Å². The number of unbranched alkanes of at least 4 members (excludes halogenated alkanes) is 5. The molecule has 2 aromatic rings. The SMILES string of the molecule is CCCCCCCCn1c(CCl)nc2c(C)nn(CC)c21. The first kappa shape index (κ1) is 16.3. The number of aryl methyl sites for hydroxylation is 3. The molecule has 21 heavy (non-hydrogen) atoms. The predicted molar refractivity (Wildman–Crippen MR) is 88.9 cm³/mol. The normalized spacial score (nSPS) is 11.6. The van der Waals surface area contributed by atoms with Crippen LogP contribution in [-0.2, 0) is 19.0 Å². The number of halogens is 1. The van der Waals surface area contributed by atoms with Crippen LogP contribution in [0.15, 0.2) is 0 Å². The smallest absolute Gasteiger partial charge is 0.158 e. The minimum atomic E-state index is 0.466. The minimum Gasteiger partial charge on any atom is -0.312 e. The largest absolute Gasteiger partial charge is 0.312 e. The zero-order valence-electron chi connectivity index (χ0n) is 13.5. The summed E-state index contributed by atoms with van der Waals surface area (Å²) < 4.78 is 4.32. The highest BCUT2D eigenvalue weighted by molar-refractivity contribution is 6.16. The van der Waals surface area contributed by atoms with E-state index >= 15 is 0 Å². The highest BCUT2D eigenvalue weighted by Crippen LogP contribution is 2.22. The van der Waals surface area contributed by atoms with Gasteiger partial charge < -0.3 is 4.57 Å². The minimum absolute atomic E-state index is 0.466. The molecule has 0 aromatic carbocycles. The van der Waals surface area contributed by atoms with E-state index in [0.717, 1.165) is 35.8 Å². The summed E-state index contributed by atoms with van der Waals surface area (Å²) in [4.78, 5) is 4.68. The van der Waals surface area contributed by atoms with Gasteiger partial charge in [-0.1, -0.05) is 39.0 Å². The second-order valence-electron chi connectivity index (χ2n) is 5.65. The Bertz CT molecular complexity index is 570. The Morgan fingerprint density at radius 2 is 1.76 bits per heavy atom.